The first-order chi connectivity index (χ1) is 12.2. The number of aromatic nitrogens is 3. The molecule has 0 aliphatic rings. The molecule has 8 heteroatoms. The van der Waals surface area contributed by atoms with Gasteiger partial charge in [-0.2, -0.15) is 5.26 Å². The Bertz CT molecular complexity index is 904. The van der Waals surface area contributed by atoms with Gasteiger partial charge in [0.05, 0.1) is 11.6 Å². The summed E-state index contributed by atoms with van der Waals surface area (Å²) in [6, 6.07) is 15.2. The van der Waals surface area contributed by atoms with Gasteiger partial charge >= 0.3 is 0 Å². The number of nitrogens with zero attached hydrogens (tertiary/aromatic N) is 4. The number of nitrogens with two attached hydrogens (primary N) is 1. The number of hydrogen-bond acceptors (Lipinski definition) is 6. The van der Waals surface area contributed by atoms with E-state index in [4.69, 9.17) is 15.8 Å². The maximum Gasteiger partial charge on any atom is 0.210 e. The van der Waals surface area contributed by atoms with E-state index in [-0.39, 0.29) is 12.4 Å². The molecule has 0 radical (unpaired) electrons. The molecule has 6 nitrogen and oxygen atoms in total. The molecular formula is C17H14FN5OS. The van der Waals surface area contributed by atoms with E-state index in [1.165, 1.54) is 40.7 Å². The molecule has 2 aromatic carbocycles. The first kappa shape index (κ1) is 16.8. The third-order valence-electron chi connectivity index (χ3n) is 3.41. The molecule has 25 heavy (non-hydrogen) atoms. The fraction of sp³-hybridized carbons (Fsp3) is 0.118. The summed E-state index contributed by atoms with van der Waals surface area (Å²) in [4.78, 5) is 0. The van der Waals surface area contributed by atoms with Crippen LogP contribution >= 0.6 is 11.8 Å². The van der Waals surface area contributed by atoms with Gasteiger partial charge in [0.2, 0.25) is 5.16 Å². The van der Waals surface area contributed by atoms with E-state index in [2.05, 4.69) is 16.3 Å². The standard InChI is InChI=1S/C17H14FN5OS/c18-14-5-7-15(8-6-14)24-10-16-21-22-17(23(16)20)25-11-13-4-2-1-3-12(13)9-19/h1-8H,10-11,20H2. The molecule has 0 amide bonds. The molecule has 0 spiro atoms. The van der Waals surface area contributed by atoms with Crippen LogP contribution in [0.3, 0.4) is 0 Å². The van der Waals surface area contributed by atoms with Crippen molar-refractivity contribution in [1.29, 1.82) is 5.26 Å². The van der Waals surface area contributed by atoms with E-state index < -0.39 is 0 Å². The molecule has 0 saturated carbocycles. The van der Waals surface area contributed by atoms with Crippen LogP contribution in [0.4, 0.5) is 4.39 Å². The van der Waals surface area contributed by atoms with Crippen molar-refractivity contribution in [2.75, 3.05) is 5.84 Å². The molecule has 3 aromatic rings. The van der Waals surface area contributed by atoms with Gasteiger partial charge in [-0.1, -0.05) is 30.0 Å². The lowest BCUT2D eigenvalue weighted by atomic mass is 10.1. The second kappa shape index (κ2) is 7.68. The number of benzene rings is 2. The van der Waals surface area contributed by atoms with Gasteiger partial charge in [-0.3, -0.25) is 0 Å². The third-order valence-corrected chi connectivity index (χ3v) is 4.40. The zero-order valence-corrected chi connectivity index (χ0v) is 13.9. The number of ether oxygens (including phenoxy) is 1. The van der Waals surface area contributed by atoms with E-state index in [9.17, 15) is 4.39 Å². The molecule has 0 bridgehead atoms. The van der Waals surface area contributed by atoms with Gasteiger partial charge in [0.1, 0.15) is 18.2 Å². The summed E-state index contributed by atoms with van der Waals surface area (Å²) in [7, 11) is 0. The summed E-state index contributed by atoms with van der Waals surface area (Å²) < 4.78 is 19.7. The van der Waals surface area contributed by atoms with Gasteiger partial charge in [0.25, 0.3) is 0 Å². The molecule has 0 saturated heterocycles. The molecule has 1 aromatic heterocycles. The topological polar surface area (TPSA) is 89.8 Å². The molecule has 0 aliphatic heterocycles. The molecule has 0 aliphatic carbocycles. The first-order valence-electron chi connectivity index (χ1n) is 7.36. The Morgan fingerprint density at radius 2 is 1.92 bits per heavy atom. The van der Waals surface area contributed by atoms with Crippen molar-refractivity contribution in [3.8, 4) is 11.8 Å². The van der Waals surface area contributed by atoms with Crippen molar-refractivity contribution in [2.24, 2.45) is 0 Å². The lowest BCUT2D eigenvalue weighted by Crippen LogP contribution is -2.15. The zero-order valence-electron chi connectivity index (χ0n) is 13.1. The predicted octanol–water partition coefficient (Wildman–Crippen LogP) is 2.87. The Hall–Kier alpha value is -3.05. The second-order valence-corrected chi connectivity index (χ2v) is 6.01. The van der Waals surface area contributed by atoms with Crippen molar-refractivity contribution in [2.45, 2.75) is 17.5 Å². The number of thioether (sulfide) groups is 1. The van der Waals surface area contributed by atoms with Gasteiger partial charge in [0.15, 0.2) is 5.82 Å². The summed E-state index contributed by atoms with van der Waals surface area (Å²) in [5, 5.41) is 17.7. The van der Waals surface area contributed by atoms with Crippen LogP contribution in [0.15, 0.2) is 53.7 Å². The molecule has 0 fully saturated rings. The van der Waals surface area contributed by atoms with E-state index in [1.54, 1.807) is 6.07 Å². The molecule has 3 rings (SSSR count). The third kappa shape index (κ3) is 4.08. The Balaban J connectivity index is 1.63. The average molecular weight is 355 g/mol. The Kier molecular flexibility index (Phi) is 5.16. The summed E-state index contributed by atoms with van der Waals surface area (Å²) in [6.45, 7) is 0.116. The van der Waals surface area contributed by atoms with Crippen LogP contribution in [-0.2, 0) is 12.4 Å². The first-order valence-corrected chi connectivity index (χ1v) is 8.34. The van der Waals surface area contributed by atoms with Crippen molar-refractivity contribution >= 4 is 11.8 Å². The SMILES string of the molecule is N#Cc1ccccc1CSc1nnc(COc2ccc(F)cc2)n1N. The van der Waals surface area contributed by atoms with Gasteiger partial charge < -0.3 is 10.6 Å². The number of rotatable bonds is 6. The fourth-order valence-corrected chi connectivity index (χ4v) is 2.96. The minimum absolute atomic E-state index is 0.116. The van der Waals surface area contributed by atoms with Crippen LogP contribution in [0, 0.1) is 17.1 Å². The number of hydrogen-bond donors (Lipinski definition) is 1. The van der Waals surface area contributed by atoms with Gasteiger partial charge in [-0.25, -0.2) is 9.07 Å². The Labute approximate surface area is 148 Å². The number of halogens is 1. The van der Waals surface area contributed by atoms with Crippen molar-refractivity contribution in [1.82, 2.24) is 14.9 Å². The van der Waals surface area contributed by atoms with Crippen molar-refractivity contribution in [3.05, 3.63) is 71.3 Å². The van der Waals surface area contributed by atoms with Crippen LogP contribution < -0.4 is 10.6 Å². The van der Waals surface area contributed by atoms with Gasteiger partial charge in [-0.05, 0) is 35.9 Å². The lowest BCUT2D eigenvalue weighted by Gasteiger charge is -2.06. The highest BCUT2D eigenvalue weighted by molar-refractivity contribution is 7.98. The Morgan fingerprint density at radius 3 is 2.68 bits per heavy atom. The van der Waals surface area contributed by atoms with Crippen molar-refractivity contribution in [3.63, 3.8) is 0 Å². The quantitative estimate of drug-likeness (QED) is 0.540. The van der Waals surface area contributed by atoms with Crippen LogP contribution in [0.2, 0.25) is 0 Å². The Morgan fingerprint density at radius 1 is 1.16 bits per heavy atom. The van der Waals surface area contributed by atoms with Crippen LogP contribution in [0.1, 0.15) is 17.0 Å². The molecule has 2 N–H and O–H groups in total. The minimum atomic E-state index is -0.328. The van der Waals surface area contributed by atoms with Crippen LogP contribution in [-0.4, -0.2) is 14.9 Å². The largest absolute Gasteiger partial charge is 0.486 e. The smallest absolute Gasteiger partial charge is 0.210 e. The highest BCUT2D eigenvalue weighted by atomic mass is 32.2. The highest BCUT2D eigenvalue weighted by Gasteiger charge is 2.12. The summed E-state index contributed by atoms with van der Waals surface area (Å²) in [5.74, 6) is 7.18. The van der Waals surface area contributed by atoms with Crippen LogP contribution in [0.25, 0.3) is 0 Å². The second-order valence-electron chi connectivity index (χ2n) is 5.07. The average Bonchev–Trinajstić information content (AvgIpc) is 2.99. The van der Waals surface area contributed by atoms with E-state index in [0.29, 0.717) is 28.0 Å². The van der Waals surface area contributed by atoms with Gasteiger partial charge in [-0.15, -0.1) is 10.2 Å². The highest BCUT2D eigenvalue weighted by Crippen LogP contribution is 2.22. The summed E-state index contributed by atoms with van der Waals surface area (Å²) in [6.07, 6.45) is 0. The van der Waals surface area contributed by atoms with Crippen molar-refractivity contribution < 1.29 is 9.13 Å². The van der Waals surface area contributed by atoms with E-state index in [1.807, 2.05) is 18.2 Å². The minimum Gasteiger partial charge on any atom is -0.486 e. The van der Waals surface area contributed by atoms with E-state index in [0.717, 1.165) is 5.56 Å². The molecule has 0 unspecified atom stereocenters. The van der Waals surface area contributed by atoms with E-state index >= 15 is 0 Å². The summed E-state index contributed by atoms with van der Waals surface area (Å²) >= 11 is 1.38. The molecule has 0 atom stereocenters. The maximum atomic E-state index is 12.9. The molecular weight excluding hydrogens is 341 g/mol. The summed E-state index contributed by atoms with van der Waals surface area (Å²) in [5.41, 5.74) is 1.53. The zero-order chi connectivity index (χ0) is 17.6. The fourth-order valence-electron chi connectivity index (χ4n) is 2.08. The predicted molar refractivity (Wildman–Crippen MR) is 91.6 cm³/mol. The normalized spacial score (nSPS) is 10.4. The van der Waals surface area contributed by atoms with Crippen LogP contribution in [0.5, 0.6) is 5.75 Å². The van der Waals surface area contributed by atoms with Gasteiger partial charge in [0, 0.05) is 5.75 Å². The molecule has 126 valence electrons. The molecule has 1 heterocycles. The number of nitriles is 1. The maximum absolute atomic E-state index is 12.9. The monoisotopic (exact) mass is 355 g/mol. The number of nitrogen functional groups attached to an aromatic ring is 1. The lowest BCUT2D eigenvalue weighted by molar-refractivity contribution is 0.291.